The van der Waals surface area contributed by atoms with Crippen LogP contribution in [-0.2, 0) is 6.54 Å². The van der Waals surface area contributed by atoms with Gasteiger partial charge in [0.15, 0.2) is 0 Å². The standard InChI is InChI=1S/C22H22N2/c1-3-19(20-9-5-4-8-17(20)2)21-10-6-7-11-22(21)24-16-18-12-14-23-15-13-18/h4-15H,3,16H2,1-2H3/b21-19-,24-22+. The number of allylic oxidation sites excluding steroid dienone is 6. The van der Waals surface area contributed by atoms with Crippen molar-refractivity contribution in [2.45, 2.75) is 26.8 Å². The molecule has 24 heavy (non-hydrogen) atoms. The number of aromatic nitrogens is 1. The molecule has 0 atom stereocenters. The quantitative estimate of drug-likeness (QED) is 0.749. The fraction of sp³-hybridized carbons (Fsp3) is 0.182. The zero-order valence-corrected chi connectivity index (χ0v) is 14.2. The summed E-state index contributed by atoms with van der Waals surface area (Å²) >= 11 is 0. The van der Waals surface area contributed by atoms with E-state index in [1.54, 1.807) is 0 Å². The van der Waals surface area contributed by atoms with E-state index in [2.05, 4.69) is 67.4 Å². The molecular formula is C22H22N2. The van der Waals surface area contributed by atoms with Crippen LogP contribution in [0.3, 0.4) is 0 Å². The van der Waals surface area contributed by atoms with Crippen molar-refractivity contribution in [3.8, 4) is 0 Å². The van der Waals surface area contributed by atoms with Crippen LogP contribution in [0.25, 0.3) is 5.57 Å². The first-order chi connectivity index (χ1) is 11.8. The van der Waals surface area contributed by atoms with Gasteiger partial charge in [0, 0.05) is 18.0 Å². The first kappa shape index (κ1) is 16.1. The van der Waals surface area contributed by atoms with Gasteiger partial charge < -0.3 is 0 Å². The van der Waals surface area contributed by atoms with Crippen LogP contribution < -0.4 is 0 Å². The zero-order valence-electron chi connectivity index (χ0n) is 14.2. The monoisotopic (exact) mass is 314 g/mol. The minimum atomic E-state index is 0.671. The van der Waals surface area contributed by atoms with Crippen LogP contribution in [0.1, 0.15) is 30.0 Å². The maximum atomic E-state index is 4.85. The second-order valence-corrected chi connectivity index (χ2v) is 5.84. The van der Waals surface area contributed by atoms with Crippen molar-refractivity contribution in [1.82, 2.24) is 4.98 Å². The SMILES string of the molecule is CC/C(=C1\C=CC=C\C1=N/Cc1ccncc1)c1ccccc1C. The molecule has 1 aromatic heterocycles. The molecule has 2 nitrogen and oxygen atoms in total. The Kier molecular flexibility index (Phi) is 5.17. The molecule has 0 saturated heterocycles. The van der Waals surface area contributed by atoms with Gasteiger partial charge in [0.25, 0.3) is 0 Å². The number of nitrogens with zero attached hydrogens (tertiary/aromatic N) is 2. The highest BCUT2D eigenvalue weighted by atomic mass is 14.7. The van der Waals surface area contributed by atoms with Gasteiger partial charge in [0.1, 0.15) is 0 Å². The Morgan fingerprint density at radius 2 is 1.75 bits per heavy atom. The van der Waals surface area contributed by atoms with E-state index in [4.69, 9.17) is 4.99 Å². The predicted molar refractivity (Wildman–Crippen MR) is 102 cm³/mol. The van der Waals surface area contributed by atoms with Crippen LogP contribution >= 0.6 is 0 Å². The third-order valence-corrected chi connectivity index (χ3v) is 4.23. The van der Waals surface area contributed by atoms with E-state index in [-0.39, 0.29) is 0 Å². The summed E-state index contributed by atoms with van der Waals surface area (Å²) < 4.78 is 0. The van der Waals surface area contributed by atoms with Crippen LogP contribution in [0.15, 0.2) is 83.7 Å². The Bertz CT molecular complexity index is 824. The van der Waals surface area contributed by atoms with Gasteiger partial charge in [-0.1, -0.05) is 49.4 Å². The minimum Gasteiger partial charge on any atom is -0.280 e. The van der Waals surface area contributed by atoms with Gasteiger partial charge in [-0.25, -0.2) is 0 Å². The van der Waals surface area contributed by atoms with Crippen LogP contribution in [0.5, 0.6) is 0 Å². The number of hydrogen-bond donors (Lipinski definition) is 0. The summed E-state index contributed by atoms with van der Waals surface area (Å²) in [5.41, 5.74) is 7.42. The van der Waals surface area contributed by atoms with Crippen molar-refractivity contribution in [2.24, 2.45) is 4.99 Å². The van der Waals surface area contributed by atoms with Gasteiger partial charge in [0.2, 0.25) is 0 Å². The summed E-state index contributed by atoms with van der Waals surface area (Å²) in [7, 11) is 0. The minimum absolute atomic E-state index is 0.671. The largest absolute Gasteiger partial charge is 0.280 e. The summed E-state index contributed by atoms with van der Waals surface area (Å²) in [6, 6.07) is 12.6. The maximum absolute atomic E-state index is 4.85. The lowest BCUT2D eigenvalue weighted by atomic mass is 9.90. The van der Waals surface area contributed by atoms with Crippen molar-refractivity contribution < 1.29 is 0 Å². The number of aryl methyl sites for hydroxylation is 1. The van der Waals surface area contributed by atoms with Gasteiger partial charge in [-0.3, -0.25) is 9.98 Å². The third-order valence-electron chi connectivity index (χ3n) is 4.23. The fourth-order valence-corrected chi connectivity index (χ4v) is 2.97. The molecule has 1 aromatic carbocycles. The molecule has 1 aliphatic rings. The molecule has 0 radical (unpaired) electrons. The Morgan fingerprint density at radius 1 is 1.00 bits per heavy atom. The van der Waals surface area contributed by atoms with Crippen molar-refractivity contribution in [3.05, 3.63) is 95.4 Å². The average molecular weight is 314 g/mol. The molecule has 0 fully saturated rings. The van der Waals surface area contributed by atoms with Crippen LogP contribution in [0.4, 0.5) is 0 Å². The number of aliphatic imine (C=N–C) groups is 1. The molecule has 0 unspecified atom stereocenters. The van der Waals surface area contributed by atoms with Gasteiger partial charge in [-0.05, 0) is 53.8 Å². The molecule has 0 spiro atoms. The molecule has 120 valence electrons. The molecule has 0 aliphatic heterocycles. The van der Waals surface area contributed by atoms with Crippen molar-refractivity contribution in [3.63, 3.8) is 0 Å². The number of hydrogen-bond acceptors (Lipinski definition) is 2. The Hall–Kier alpha value is -2.74. The van der Waals surface area contributed by atoms with E-state index in [1.807, 2.05) is 24.5 Å². The van der Waals surface area contributed by atoms with E-state index in [9.17, 15) is 0 Å². The summed E-state index contributed by atoms with van der Waals surface area (Å²) in [6.45, 7) is 5.05. The summed E-state index contributed by atoms with van der Waals surface area (Å²) in [5, 5.41) is 0. The highest BCUT2D eigenvalue weighted by Gasteiger charge is 2.13. The second kappa shape index (κ2) is 7.69. The fourth-order valence-electron chi connectivity index (χ4n) is 2.97. The average Bonchev–Trinajstić information content (AvgIpc) is 2.64. The molecule has 2 heteroatoms. The highest BCUT2D eigenvalue weighted by Crippen LogP contribution is 2.28. The van der Waals surface area contributed by atoms with E-state index in [0.717, 1.165) is 12.1 Å². The molecule has 0 bridgehead atoms. The van der Waals surface area contributed by atoms with Crippen LogP contribution in [0.2, 0.25) is 0 Å². The predicted octanol–water partition coefficient (Wildman–Crippen LogP) is 5.32. The molecule has 1 aliphatic carbocycles. The Balaban J connectivity index is 2.01. The van der Waals surface area contributed by atoms with Crippen LogP contribution in [-0.4, -0.2) is 10.7 Å². The number of rotatable bonds is 4. The molecule has 3 rings (SSSR count). The first-order valence-electron chi connectivity index (χ1n) is 8.37. The van der Waals surface area contributed by atoms with E-state index in [1.165, 1.54) is 27.8 Å². The molecule has 2 aromatic rings. The van der Waals surface area contributed by atoms with E-state index < -0.39 is 0 Å². The molecule has 1 heterocycles. The maximum Gasteiger partial charge on any atom is 0.0653 e. The molecule has 0 N–H and O–H groups in total. The number of benzene rings is 1. The molecular weight excluding hydrogens is 292 g/mol. The summed E-state index contributed by atoms with van der Waals surface area (Å²) in [4.78, 5) is 8.91. The van der Waals surface area contributed by atoms with Crippen LogP contribution in [0, 0.1) is 6.92 Å². The van der Waals surface area contributed by atoms with E-state index in [0.29, 0.717) is 6.54 Å². The normalized spacial score (nSPS) is 17.3. The van der Waals surface area contributed by atoms with Crippen molar-refractivity contribution in [1.29, 1.82) is 0 Å². The van der Waals surface area contributed by atoms with Gasteiger partial charge in [-0.2, -0.15) is 0 Å². The smallest absolute Gasteiger partial charge is 0.0653 e. The van der Waals surface area contributed by atoms with Gasteiger partial charge in [-0.15, -0.1) is 0 Å². The highest BCUT2D eigenvalue weighted by molar-refractivity contribution is 6.16. The summed E-state index contributed by atoms with van der Waals surface area (Å²) in [5.74, 6) is 0. The van der Waals surface area contributed by atoms with Gasteiger partial charge >= 0.3 is 0 Å². The first-order valence-corrected chi connectivity index (χ1v) is 8.37. The van der Waals surface area contributed by atoms with Gasteiger partial charge in [0.05, 0.1) is 12.3 Å². The van der Waals surface area contributed by atoms with E-state index >= 15 is 0 Å². The molecule has 0 saturated carbocycles. The lowest BCUT2D eigenvalue weighted by Gasteiger charge is -2.16. The second-order valence-electron chi connectivity index (χ2n) is 5.84. The number of pyridine rings is 1. The Labute approximate surface area is 144 Å². The third kappa shape index (κ3) is 3.60. The van der Waals surface area contributed by atoms with Crippen molar-refractivity contribution >= 4 is 11.3 Å². The lowest BCUT2D eigenvalue weighted by molar-refractivity contribution is 1.06. The topological polar surface area (TPSA) is 25.2 Å². The lowest BCUT2D eigenvalue weighted by Crippen LogP contribution is -2.05. The Morgan fingerprint density at radius 3 is 2.50 bits per heavy atom. The summed E-state index contributed by atoms with van der Waals surface area (Å²) in [6.07, 6.45) is 13.0. The molecule has 0 amide bonds. The zero-order chi connectivity index (χ0) is 16.8. The van der Waals surface area contributed by atoms with Crippen molar-refractivity contribution in [2.75, 3.05) is 0 Å².